The summed E-state index contributed by atoms with van der Waals surface area (Å²) in [6.45, 7) is 2.77. The average molecular weight is 417 g/mol. The minimum Gasteiger partial charge on any atom is -0.340 e. The van der Waals surface area contributed by atoms with Crippen LogP contribution in [0.15, 0.2) is 23.0 Å². The molecule has 30 heavy (non-hydrogen) atoms. The van der Waals surface area contributed by atoms with E-state index in [1.54, 1.807) is 0 Å². The Kier molecular flexibility index (Phi) is 5.23. The fourth-order valence-electron chi connectivity index (χ4n) is 3.94. The van der Waals surface area contributed by atoms with E-state index in [-0.39, 0.29) is 29.5 Å². The van der Waals surface area contributed by atoms with E-state index in [0.717, 1.165) is 37.9 Å². The first kappa shape index (κ1) is 20.0. The maximum atomic E-state index is 13.4. The van der Waals surface area contributed by atoms with E-state index in [4.69, 9.17) is 0 Å². The topological polar surface area (TPSA) is 107 Å². The van der Waals surface area contributed by atoms with E-state index in [9.17, 15) is 23.2 Å². The van der Waals surface area contributed by atoms with E-state index < -0.39 is 34.9 Å². The van der Waals surface area contributed by atoms with Crippen LogP contribution < -0.4 is 21.1 Å². The van der Waals surface area contributed by atoms with Crippen molar-refractivity contribution in [1.29, 1.82) is 0 Å². The zero-order chi connectivity index (χ0) is 21.4. The Morgan fingerprint density at radius 3 is 2.77 bits per heavy atom. The number of rotatable bonds is 3. The molecule has 158 valence electrons. The molecule has 1 saturated heterocycles. The van der Waals surface area contributed by atoms with Gasteiger partial charge >= 0.3 is 0 Å². The number of amides is 2. The highest BCUT2D eigenvalue weighted by atomic mass is 19.2. The van der Waals surface area contributed by atoms with Crippen LogP contribution in [0.3, 0.4) is 0 Å². The molecule has 0 radical (unpaired) electrons. The first-order valence-corrected chi connectivity index (χ1v) is 9.80. The van der Waals surface area contributed by atoms with Crippen molar-refractivity contribution in [1.82, 2.24) is 9.97 Å². The van der Waals surface area contributed by atoms with Gasteiger partial charge in [-0.1, -0.05) is 0 Å². The summed E-state index contributed by atoms with van der Waals surface area (Å²) in [6.07, 6.45) is 2.77. The zero-order valence-corrected chi connectivity index (χ0v) is 16.3. The van der Waals surface area contributed by atoms with E-state index in [0.29, 0.717) is 5.95 Å². The van der Waals surface area contributed by atoms with Crippen molar-refractivity contribution in [3.8, 4) is 0 Å². The molecule has 0 bridgehead atoms. The van der Waals surface area contributed by atoms with E-state index >= 15 is 0 Å². The SMILES string of the molecule is C[C@H]1CCCCN1c1nc2c(c(=O)[nH]1)[C@H](C(=O)Nc1ccc(F)c(F)c1)CC(=O)N2. The molecule has 2 amide bonds. The number of aromatic nitrogens is 2. The van der Waals surface area contributed by atoms with Crippen molar-refractivity contribution < 1.29 is 18.4 Å². The Labute approximate surface area is 170 Å². The van der Waals surface area contributed by atoms with Crippen LogP contribution in [0.5, 0.6) is 0 Å². The number of benzene rings is 1. The van der Waals surface area contributed by atoms with Crippen LogP contribution in [0.1, 0.15) is 44.1 Å². The van der Waals surface area contributed by atoms with Crippen LogP contribution >= 0.6 is 0 Å². The lowest BCUT2D eigenvalue weighted by atomic mass is 9.92. The van der Waals surface area contributed by atoms with E-state index in [1.807, 2.05) is 11.8 Å². The van der Waals surface area contributed by atoms with Gasteiger partial charge in [-0.2, -0.15) is 4.98 Å². The molecule has 2 aliphatic heterocycles. The van der Waals surface area contributed by atoms with Crippen LogP contribution in [0.4, 0.5) is 26.2 Å². The lowest BCUT2D eigenvalue weighted by Gasteiger charge is -2.34. The van der Waals surface area contributed by atoms with Crippen molar-refractivity contribution in [3.63, 3.8) is 0 Å². The van der Waals surface area contributed by atoms with Gasteiger partial charge in [0.25, 0.3) is 5.56 Å². The van der Waals surface area contributed by atoms with Crippen molar-refractivity contribution >= 4 is 29.3 Å². The second-order valence-corrected chi connectivity index (χ2v) is 7.61. The molecule has 0 saturated carbocycles. The molecule has 10 heteroatoms. The fraction of sp³-hybridized carbons (Fsp3) is 0.400. The number of aromatic amines is 1. The maximum absolute atomic E-state index is 13.4. The summed E-state index contributed by atoms with van der Waals surface area (Å²) in [7, 11) is 0. The van der Waals surface area contributed by atoms with Gasteiger partial charge in [-0.15, -0.1) is 0 Å². The first-order chi connectivity index (χ1) is 14.3. The van der Waals surface area contributed by atoms with Crippen LogP contribution in [-0.4, -0.2) is 34.4 Å². The smallest absolute Gasteiger partial charge is 0.258 e. The highest BCUT2D eigenvalue weighted by molar-refractivity contribution is 6.04. The summed E-state index contributed by atoms with van der Waals surface area (Å²) in [5.74, 6) is -4.00. The lowest BCUT2D eigenvalue weighted by molar-refractivity contribution is -0.123. The van der Waals surface area contributed by atoms with Gasteiger partial charge < -0.3 is 15.5 Å². The predicted octanol–water partition coefficient (Wildman–Crippen LogP) is 2.49. The molecule has 1 aromatic heterocycles. The number of hydrogen-bond donors (Lipinski definition) is 3. The molecule has 2 atom stereocenters. The second kappa shape index (κ2) is 7.85. The molecule has 3 N–H and O–H groups in total. The van der Waals surface area contributed by atoms with Gasteiger partial charge in [0.05, 0.1) is 11.5 Å². The highest BCUT2D eigenvalue weighted by Gasteiger charge is 2.35. The van der Waals surface area contributed by atoms with Gasteiger partial charge in [-0.25, -0.2) is 8.78 Å². The van der Waals surface area contributed by atoms with Gasteiger partial charge in [0, 0.05) is 30.8 Å². The number of hydrogen-bond acceptors (Lipinski definition) is 5. The Morgan fingerprint density at radius 1 is 1.23 bits per heavy atom. The summed E-state index contributed by atoms with van der Waals surface area (Å²) in [5.41, 5.74) is -0.448. The van der Waals surface area contributed by atoms with Crippen LogP contribution in [0.25, 0.3) is 0 Å². The number of carbonyl (C=O) groups excluding carboxylic acids is 2. The molecule has 0 unspecified atom stereocenters. The maximum Gasteiger partial charge on any atom is 0.258 e. The Morgan fingerprint density at radius 2 is 2.03 bits per heavy atom. The van der Waals surface area contributed by atoms with Crippen LogP contribution in [-0.2, 0) is 9.59 Å². The third-order valence-corrected chi connectivity index (χ3v) is 5.52. The molecular weight excluding hydrogens is 396 g/mol. The summed E-state index contributed by atoms with van der Waals surface area (Å²) >= 11 is 0. The van der Waals surface area contributed by atoms with E-state index in [1.165, 1.54) is 6.07 Å². The molecule has 3 heterocycles. The van der Waals surface area contributed by atoms with Gasteiger partial charge in [0.1, 0.15) is 5.82 Å². The quantitative estimate of drug-likeness (QED) is 0.711. The van der Waals surface area contributed by atoms with Crippen LogP contribution in [0, 0.1) is 11.6 Å². The largest absolute Gasteiger partial charge is 0.340 e. The van der Waals surface area contributed by atoms with Crippen molar-refractivity contribution in [2.75, 3.05) is 22.1 Å². The van der Waals surface area contributed by atoms with Crippen LogP contribution in [0.2, 0.25) is 0 Å². The summed E-state index contributed by atoms with van der Waals surface area (Å²) in [4.78, 5) is 46.9. The fourth-order valence-corrected chi connectivity index (χ4v) is 3.94. The van der Waals surface area contributed by atoms with Crippen molar-refractivity contribution in [2.45, 2.75) is 44.6 Å². The van der Waals surface area contributed by atoms with Crippen molar-refractivity contribution in [2.24, 2.45) is 0 Å². The number of nitrogens with zero attached hydrogens (tertiary/aromatic N) is 2. The number of halogens is 2. The Hall–Kier alpha value is -3.30. The molecule has 1 aromatic carbocycles. The van der Waals surface area contributed by atoms with E-state index in [2.05, 4.69) is 20.6 Å². The molecule has 0 spiro atoms. The molecule has 8 nitrogen and oxygen atoms in total. The van der Waals surface area contributed by atoms with Gasteiger partial charge in [-0.05, 0) is 38.3 Å². The number of fused-ring (bicyclic) bond motifs is 1. The zero-order valence-electron chi connectivity index (χ0n) is 16.3. The van der Waals surface area contributed by atoms with Gasteiger partial charge in [0.2, 0.25) is 17.8 Å². The molecule has 4 rings (SSSR count). The molecule has 0 aliphatic carbocycles. The summed E-state index contributed by atoms with van der Waals surface area (Å²) in [5, 5.41) is 5.01. The third-order valence-electron chi connectivity index (χ3n) is 5.52. The highest BCUT2D eigenvalue weighted by Crippen LogP contribution is 2.31. The molecule has 2 aliphatic rings. The first-order valence-electron chi connectivity index (χ1n) is 9.80. The number of H-pyrrole nitrogens is 1. The summed E-state index contributed by atoms with van der Waals surface area (Å²) in [6, 6.07) is 3.10. The summed E-state index contributed by atoms with van der Waals surface area (Å²) < 4.78 is 26.5. The third kappa shape index (κ3) is 3.77. The Balaban J connectivity index is 1.65. The Bertz CT molecular complexity index is 1070. The molecule has 1 fully saturated rings. The lowest BCUT2D eigenvalue weighted by Crippen LogP contribution is -2.42. The van der Waals surface area contributed by atoms with Crippen molar-refractivity contribution in [3.05, 3.63) is 45.8 Å². The minimum atomic E-state index is -1.12. The number of anilines is 3. The number of carbonyl (C=O) groups is 2. The standard InChI is InChI=1S/C20H21F2N5O3/c1-10-4-2-3-7-27(10)20-25-17-16(19(30)26-20)12(9-15(28)24-17)18(29)23-11-5-6-13(21)14(22)8-11/h5-6,8,10,12H,2-4,7,9H2,1H3,(H,23,29)(H2,24,25,26,28,30)/t10-,12+/m0/s1. The number of nitrogens with one attached hydrogen (secondary N) is 3. The van der Waals surface area contributed by atoms with Gasteiger partial charge in [0.15, 0.2) is 11.6 Å². The number of piperidine rings is 1. The molecule has 2 aromatic rings. The average Bonchev–Trinajstić information content (AvgIpc) is 2.70. The molecular formula is C20H21F2N5O3. The normalized spacial score (nSPS) is 21.0. The monoisotopic (exact) mass is 417 g/mol. The second-order valence-electron chi connectivity index (χ2n) is 7.61. The predicted molar refractivity (Wildman–Crippen MR) is 106 cm³/mol. The minimum absolute atomic E-state index is 0.0228. The van der Waals surface area contributed by atoms with Gasteiger partial charge in [-0.3, -0.25) is 19.4 Å².